The number of carbonyl (C=O) groups excluding carboxylic acids is 1. The summed E-state index contributed by atoms with van der Waals surface area (Å²) in [5.41, 5.74) is 2.18. The number of aryl methyl sites for hydroxylation is 2. The minimum atomic E-state index is -0.218. The van der Waals surface area contributed by atoms with Gasteiger partial charge in [0.2, 0.25) is 5.91 Å². The summed E-state index contributed by atoms with van der Waals surface area (Å²) < 4.78 is 0. The van der Waals surface area contributed by atoms with E-state index in [0.29, 0.717) is 21.4 Å². The van der Waals surface area contributed by atoms with Crippen LogP contribution in [-0.4, -0.2) is 21.6 Å². The van der Waals surface area contributed by atoms with Crippen LogP contribution >= 0.6 is 23.4 Å². The zero-order chi connectivity index (χ0) is 16.1. The van der Waals surface area contributed by atoms with Crippen LogP contribution in [-0.2, 0) is 4.79 Å². The molecule has 0 aliphatic heterocycles. The highest BCUT2D eigenvalue weighted by molar-refractivity contribution is 8.00. The normalized spacial score (nSPS) is 10.1. The predicted octanol–water partition coefficient (Wildman–Crippen LogP) is 3.35. The summed E-state index contributed by atoms with van der Waals surface area (Å²) >= 11 is 6.97. The Morgan fingerprint density at radius 2 is 2.23 bits per heavy atom. The van der Waals surface area contributed by atoms with Crippen molar-refractivity contribution < 1.29 is 4.79 Å². The summed E-state index contributed by atoms with van der Waals surface area (Å²) in [6.45, 7) is 3.71. The maximum absolute atomic E-state index is 11.9. The second-order valence-electron chi connectivity index (χ2n) is 4.57. The number of pyridine rings is 2. The van der Waals surface area contributed by atoms with Crippen molar-refractivity contribution in [3.8, 4) is 6.07 Å². The molecule has 7 heteroatoms. The fourth-order valence-electron chi connectivity index (χ4n) is 1.81. The summed E-state index contributed by atoms with van der Waals surface area (Å²) in [5, 5.41) is 12.9. The Hall–Kier alpha value is -2.10. The van der Waals surface area contributed by atoms with Crippen LogP contribution in [0.3, 0.4) is 0 Å². The second kappa shape index (κ2) is 7.25. The number of carbonyl (C=O) groups is 1. The topological polar surface area (TPSA) is 78.7 Å². The average molecular weight is 333 g/mol. The van der Waals surface area contributed by atoms with E-state index in [4.69, 9.17) is 11.6 Å². The minimum absolute atomic E-state index is 0.148. The maximum Gasteiger partial charge on any atom is 0.235 e. The van der Waals surface area contributed by atoms with Crippen molar-refractivity contribution in [2.75, 3.05) is 11.1 Å². The van der Waals surface area contributed by atoms with Crippen LogP contribution in [0.25, 0.3) is 0 Å². The number of anilines is 1. The third kappa shape index (κ3) is 4.20. The number of thioether (sulfide) groups is 1. The summed E-state index contributed by atoms with van der Waals surface area (Å²) in [6.07, 6.45) is 1.46. The summed E-state index contributed by atoms with van der Waals surface area (Å²) in [7, 11) is 0. The number of rotatable bonds is 4. The van der Waals surface area contributed by atoms with E-state index in [1.165, 1.54) is 18.0 Å². The molecule has 22 heavy (non-hydrogen) atoms. The predicted molar refractivity (Wildman–Crippen MR) is 87.0 cm³/mol. The fraction of sp³-hybridized carbons (Fsp3) is 0.200. The molecule has 2 rings (SSSR count). The molecular weight excluding hydrogens is 320 g/mol. The Balaban J connectivity index is 2.02. The van der Waals surface area contributed by atoms with Gasteiger partial charge in [-0.1, -0.05) is 23.4 Å². The number of hydrogen-bond donors (Lipinski definition) is 1. The van der Waals surface area contributed by atoms with E-state index >= 15 is 0 Å². The van der Waals surface area contributed by atoms with Crippen LogP contribution in [0.4, 0.5) is 5.82 Å². The van der Waals surface area contributed by atoms with Crippen molar-refractivity contribution in [2.45, 2.75) is 18.9 Å². The second-order valence-corrected chi connectivity index (χ2v) is 5.97. The van der Waals surface area contributed by atoms with E-state index in [1.54, 1.807) is 12.1 Å². The van der Waals surface area contributed by atoms with Gasteiger partial charge < -0.3 is 5.32 Å². The number of hydrogen-bond acceptors (Lipinski definition) is 5. The first-order chi connectivity index (χ1) is 10.5. The van der Waals surface area contributed by atoms with Crippen LogP contribution in [0, 0.1) is 25.2 Å². The maximum atomic E-state index is 11.9. The molecule has 2 aromatic heterocycles. The van der Waals surface area contributed by atoms with Crippen LogP contribution in [0.1, 0.15) is 16.8 Å². The quantitative estimate of drug-likeness (QED) is 0.868. The van der Waals surface area contributed by atoms with Crippen molar-refractivity contribution in [1.82, 2.24) is 9.97 Å². The monoisotopic (exact) mass is 332 g/mol. The van der Waals surface area contributed by atoms with Gasteiger partial charge in [-0.05, 0) is 37.6 Å². The van der Waals surface area contributed by atoms with Gasteiger partial charge in [-0.3, -0.25) is 4.79 Å². The lowest BCUT2D eigenvalue weighted by Gasteiger charge is -2.07. The van der Waals surface area contributed by atoms with Gasteiger partial charge in [-0.15, -0.1) is 0 Å². The lowest BCUT2D eigenvalue weighted by atomic mass is 10.1. The Labute approximate surface area is 137 Å². The van der Waals surface area contributed by atoms with Gasteiger partial charge in [0, 0.05) is 11.9 Å². The number of amides is 1. The molecule has 0 aromatic carbocycles. The van der Waals surface area contributed by atoms with E-state index in [9.17, 15) is 10.1 Å². The lowest BCUT2D eigenvalue weighted by molar-refractivity contribution is -0.113. The van der Waals surface area contributed by atoms with E-state index in [2.05, 4.69) is 21.4 Å². The summed E-state index contributed by atoms with van der Waals surface area (Å²) in [5.74, 6) is 0.364. The third-order valence-electron chi connectivity index (χ3n) is 2.76. The van der Waals surface area contributed by atoms with Crippen molar-refractivity contribution in [3.05, 3.63) is 46.2 Å². The molecule has 0 bridgehead atoms. The molecule has 1 N–H and O–H groups in total. The van der Waals surface area contributed by atoms with Crippen molar-refractivity contribution in [3.63, 3.8) is 0 Å². The lowest BCUT2D eigenvalue weighted by Crippen LogP contribution is -2.15. The number of aromatic nitrogens is 2. The molecule has 5 nitrogen and oxygen atoms in total. The Bertz CT molecular complexity index is 740. The standard InChI is InChI=1S/C15H13ClN4OS/c1-9-5-10(2)19-15(12(9)6-17)22-8-14(21)20-13-4-3-11(16)7-18-13/h3-5,7H,8H2,1-2H3,(H,18,20,21). The van der Waals surface area contributed by atoms with E-state index in [1.807, 2.05) is 19.9 Å². The van der Waals surface area contributed by atoms with E-state index < -0.39 is 0 Å². The SMILES string of the molecule is Cc1cc(C)c(C#N)c(SCC(=O)Nc2ccc(Cl)cn2)n1. The van der Waals surface area contributed by atoms with Gasteiger partial charge in [0.25, 0.3) is 0 Å². The molecule has 0 radical (unpaired) electrons. The molecule has 0 saturated carbocycles. The van der Waals surface area contributed by atoms with Crippen molar-refractivity contribution >= 4 is 35.1 Å². The van der Waals surface area contributed by atoms with Crippen LogP contribution < -0.4 is 5.32 Å². The van der Waals surface area contributed by atoms with E-state index in [-0.39, 0.29) is 11.7 Å². The van der Waals surface area contributed by atoms with Crippen LogP contribution in [0.5, 0.6) is 0 Å². The molecule has 0 aliphatic rings. The molecule has 0 unspecified atom stereocenters. The number of halogens is 1. The molecule has 2 heterocycles. The van der Waals surface area contributed by atoms with Crippen LogP contribution in [0.15, 0.2) is 29.4 Å². The van der Waals surface area contributed by atoms with Crippen LogP contribution in [0.2, 0.25) is 5.02 Å². The molecule has 112 valence electrons. The van der Waals surface area contributed by atoms with E-state index in [0.717, 1.165) is 11.3 Å². The van der Waals surface area contributed by atoms with Gasteiger partial charge >= 0.3 is 0 Å². The highest BCUT2D eigenvalue weighted by atomic mass is 35.5. The van der Waals surface area contributed by atoms with Gasteiger partial charge in [0.05, 0.1) is 16.3 Å². The Morgan fingerprint density at radius 1 is 1.45 bits per heavy atom. The Kier molecular flexibility index (Phi) is 5.36. The van der Waals surface area contributed by atoms with Crippen molar-refractivity contribution in [1.29, 1.82) is 5.26 Å². The van der Waals surface area contributed by atoms with Gasteiger partial charge in [0.15, 0.2) is 0 Å². The van der Waals surface area contributed by atoms with Gasteiger partial charge in [-0.25, -0.2) is 9.97 Å². The number of nitrogens with zero attached hydrogens (tertiary/aromatic N) is 3. The highest BCUT2D eigenvalue weighted by Gasteiger charge is 2.11. The van der Waals surface area contributed by atoms with Gasteiger partial charge in [-0.2, -0.15) is 5.26 Å². The number of nitrogens with one attached hydrogen (secondary N) is 1. The summed E-state index contributed by atoms with van der Waals surface area (Å²) in [4.78, 5) is 20.2. The number of nitriles is 1. The molecular formula is C15H13ClN4OS. The minimum Gasteiger partial charge on any atom is -0.310 e. The zero-order valence-corrected chi connectivity index (χ0v) is 13.6. The molecule has 1 amide bonds. The molecule has 0 atom stereocenters. The average Bonchev–Trinajstić information content (AvgIpc) is 2.47. The van der Waals surface area contributed by atoms with Gasteiger partial charge in [0.1, 0.15) is 16.9 Å². The first kappa shape index (κ1) is 16.3. The molecule has 0 fully saturated rings. The first-order valence-corrected chi connectivity index (χ1v) is 7.78. The molecule has 0 spiro atoms. The molecule has 2 aromatic rings. The molecule has 0 saturated heterocycles. The zero-order valence-electron chi connectivity index (χ0n) is 12.1. The highest BCUT2D eigenvalue weighted by Crippen LogP contribution is 2.23. The molecule has 0 aliphatic carbocycles. The largest absolute Gasteiger partial charge is 0.310 e. The third-order valence-corrected chi connectivity index (χ3v) is 3.96. The summed E-state index contributed by atoms with van der Waals surface area (Å²) in [6, 6.07) is 7.25. The fourth-order valence-corrected chi connectivity index (χ4v) is 2.82. The van der Waals surface area contributed by atoms with Crippen molar-refractivity contribution in [2.24, 2.45) is 0 Å². The smallest absolute Gasteiger partial charge is 0.235 e. The Morgan fingerprint density at radius 3 is 2.86 bits per heavy atom. The first-order valence-electron chi connectivity index (χ1n) is 6.42.